The third kappa shape index (κ3) is 5.43. The van der Waals surface area contributed by atoms with Gasteiger partial charge in [0.25, 0.3) is 0 Å². The predicted octanol–water partition coefficient (Wildman–Crippen LogP) is 1.37. The highest BCUT2D eigenvalue weighted by Gasteiger charge is 2.22. The number of guanidine groups is 1. The standard InChI is InChI=1S/C17H35N5/c1-4-22-10-5-6-16(22)14-20-17(18-3)19-9-13-21-11-7-15(2)8-12-21/h15-16H,4-14H2,1-3H3,(H2,18,19,20). The van der Waals surface area contributed by atoms with Crippen LogP contribution in [0.5, 0.6) is 0 Å². The van der Waals surface area contributed by atoms with Crippen molar-refractivity contribution < 1.29 is 0 Å². The Balaban J connectivity index is 1.61. The van der Waals surface area contributed by atoms with Crippen molar-refractivity contribution in [2.45, 2.75) is 45.6 Å². The lowest BCUT2D eigenvalue weighted by Crippen LogP contribution is -2.47. The van der Waals surface area contributed by atoms with Gasteiger partial charge >= 0.3 is 0 Å². The smallest absolute Gasteiger partial charge is 0.191 e. The lowest BCUT2D eigenvalue weighted by atomic mass is 9.99. The maximum Gasteiger partial charge on any atom is 0.191 e. The minimum absolute atomic E-state index is 0.673. The molecule has 2 N–H and O–H groups in total. The first-order chi connectivity index (χ1) is 10.7. The van der Waals surface area contributed by atoms with Crippen LogP contribution in [0.2, 0.25) is 0 Å². The van der Waals surface area contributed by atoms with Gasteiger partial charge in [0.1, 0.15) is 0 Å². The summed E-state index contributed by atoms with van der Waals surface area (Å²) in [6, 6.07) is 0.673. The lowest BCUT2D eigenvalue weighted by molar-refractivity contribution is 0.195. The van der Waals surface area contributed by atoms with E-state index in [1.165, 1.54) is 45.3 Å². The number of nitrogens with one attached hydrogen (secondary N) is 2. The van der Waals surface area contributed by atoms with Gasteiger partial charge in [0.15, 0.2) is 5.96 Å². The molecule has 0 bridgehead atoms. The summed E-state index contributed by atoms with van der Waals surface area (Å²) >= 11 is 0. The van der Waals surface area contributed by atoms with Crippen molar-refractivity contribution in [2.24, 2.45) is 10.9 Å². The van der Waals surface area contributed by atoms with Crippen LogP contribution in [0, 0.1) is 5.92 Å². The van der Waals surface area contributed by atoms with Gasteiger partial charge in [-0.25, -0.2) is 0 Å². The summed E-state index contributed by atoms with van der Waals surface area (Å²) < 4.78 is 0. The minimum Gasteiger partial charge on any atom is -0.355 e. The zero-order chi connectivity index (χ0) is 15.8. The topological polar surface area (TPSA) is 42.9 Å². The Morgan fingerprint density at radius 2 is 1.91 bits per heavy atom. The number of aliphatic imine (C=N–C) groups is 1. The Hall–Kier alpha value is -0.810. The quantitative estimate of drug-likeness (QED) is 0.574. The van der Waals surface area contributed by atoms with Crippen molar-refractivity contribution in [3.63, 3.8) is 0 Å². The molecule has 2 heterocycles. The Bertz CT molecular complexity index is 336. The zero-order valence-electron chi connectivity index (χ0n) is 14.8. The number of hydrogen-bond donors (Lipinski definition) is 2. The second-order valence-electron chi connectivity index (χ2n) is 6.83. The second kappa shape index (κ2) is 9.36. The molecule has 0 spiro atoms. The molecule has 128 valence electrons. The van der Waals surface area contributed by atoms with Gasteiger partial charge in [-0.3, -0.25) is 9.89 Å². The highest BCUT2D eigenvalue weighted by molar-refractivity contribution is 5.79. The average molecular weight is 310 g/mol. The molecule has 2 saturated heterocycles. The van der Waals surface area contributed by atoms with Gasteiger partial charge in [0.2, 0.25) is 0 Å². The van der Waals surface area contributed by atoms with Gasteiger partial charge in [-0.15, -0.1) is 0 Å². The molecule has 1 unspecified atom stereocenters. The molecular weight excluding hydrogens is 274 g/mol. The van der Waals surface area contributed by atoms with Crippen LogP contribution in [0.1, 0.15) is 39.5 Å². The summed E-state index contributed by atoms with van der Waals surface area (Å²) in [5.74, 6) is 1.86. The Morgan fingerprint density at radius 1 is 1.14 bits per heavy atom. The van der Waals surface area contributed by atoms with Crippen molar-refractivity contribution >= 4 is 5.96 Å². The summed E-state index contributed by atoms with van der Waals surface area (Å²) in [4.78, 5) is 9.48. The van der Waals surface area contributed by atoms with E-state index in [0.717, 1.165) is 38.1 Å². The van der Waals surface area contributed by atoms with E-state index in [0.29, 0.717) is 6.04 Å². The van der Waals surface area contributed by atoms with E-state index in [9.17, 15) is 0 Å². The lowest BCUT2D eigenvalue weighted by Gasteiger charge is -2.30. The molecule has 0 aromatic carbocycles. The highest BCUT2D eigenvalue weighted by Crippen LogP contribution is 2.16. The zero-order valence-corrected chi connectivity index (χ0v) is 14.8. The van der Waals surface area contributed by atoms with Crippen LogP contribution in [0.4, 0.5) is 0 Å². The average Bonchev–Trinajstić information content (AvgIpc) is 3.00. The maximum atomic E-state index is 4.35. The van der Waals surface area contributed by atoms with E-state index < -0.39 is 0 Å². The van der Waals surface area contributed by atoms with E-state index in [2.05, 4.69) is 39.3 Å². The van der Waals surface area contributed by atoms with Gasteiger partial charge in [0.05, 0.1) is 0 Å². The predicted molar refractivity (Wildman–Crippen MR) is 94.5 cm³/mol. The van der Waals surface area contributed by atoms with Crippen LogP contribution in [0.3, 0.4) is 0 Å². The number of rotatable bonds is 6. The molecule has 2 aliphatic heterocycles. The second-order valence-corrected chi connectivity index (χ2v) is 6.83. The van der Waals surface area contributed by atoms with Crippen molar-refractivity contribution in [1.82, 2.24) is 20.4 Å². The summed E-state index contributed by atoms with van der Waals surface area (Å²) in [5.41, 5.74) is 0. The molecule has 0 aliphatic carbocycles. The van der Waals surface area contributed by atoms with E-state index in [1.807, 2.05) is 7.05 Å². The summed E-state index contributed by atoms with van der Waals surface area (Å²) in [6.45, 7) is 12.6. The molecule has 0 aromatic heterocycles. The van der Waals surface area contributed by atoms with Crippen LogP contribution in [-0.4, -0.2) is 74.7 Å². The van der Waals surface area contributed by atoms with Crippen molar-refractivity contribution in [2.75, 3.05) is 52.9 Å². The third-order valence-corrected chi connectivity index (χ3v) is 5.23. The van der Waals surface area contributed by atoms with E-state index in [-0.39, 0.29) is 0 Å². The van der Waals surface area contributed by atoms with E-state index in [1.54, 1.807) is 0 Å². The fourth-order valence-corrected chi connectivity index (χ4v) is 3.60. The molecule has 2 fully saturated rings. The SMILES string of the molecule is CCN1CCCC1CNC(=NC)NCCN1CCC(C)CC1. The normalized spacial score (nSPS) is 25.6. The van der Waals surface area contributed by atoms with E-state index in [4.69, 9.17) is 0 Å². The molecule has 1 atom stereocenters. The van der Waals surface area contributed by atoms with Crippen LogP contribution in [0.25, 0.3) is 0 Å². The number of nitrogens with zero attached hydrogens (tertiary/aromatic N) is 3. The van der Waals surface area contributed by atoms with Gasteiger partial charge in [-0.1, -0.05) is 13.8 Å². The molecular formula is C17H35N5. The Morgan fingerprint density at radius 3 is 2.59 bits per heavy atom. The third-order valence-electron chi connectivity index (χ3n) is 5.23. The largest absolute Gasteiger partial charge is 0.355 e. The van der Waals surface area contributed by atoms with Crippen molar-refractivity contribution in [3.05, 3.63) is 0 Å². The fourth-order valence-electron chi connectivity index (χ4n) is 3.60. The monoisotopic (exact) mass is 309 g/mol. The first kappa shape index (κ1) is 17.5. The molecule has 5 nitrogen and oxygen atoms in total. The number of likely N-dealkylation sites (tertiary alicyclic amines) is 2. The number of likely N-dealkylation sites (N-methyl/N-ethyl adjacent to an activating group) is 1. The molecule has 2 aliphatic rings. The molecule has 22 heavy (non-hydrogen) atoms. The summed E-state index contributed by atoms with van der Waals surface area (Å²) in [7, 11) is 1.87. The van der Waals surface area contributed by atoms with Crippen LogP contribution >= 0.6 is 0 Å². The number of piperidine rings is 1. The molecule has 0 saturated carbocycles. The number of hydrogen-bond acceptors (Lipinski definition) is 3. The van der Waals surface area contributed by atoms with Gasteiger partial charge in [-0.05, 0) is 57.8 Å². The van der Waals surface area contributed by atoms with Crippen molar-refractivity contribution in [1.29, 1.82) is 0 Å². The first-order valence-corrected chi connectivity index (χ1v) is 9.13. The van der Waals surface area contributed by atoms with Gasteiger partial charge < -0.3 is 15.5 Å². The highest BCUT2D eigenvalue weighted by atomic mass is 15.2. The Labute approximate surface area is 136 Å². The van der Waals surface area contributed by atoms with Crippen LogP contribution < -0.4 is 10.6 Å². The van der Waals surface area contributed by atoms with Crippen LogP contribution in [0.15, 0.2) is 4.99 Å². The van der Waals surface area contributed by atoms with E-state index >= 15 is 0 Å². The molecule has 0 radical (unpaired) electrons. The van der Waals surface area contributed by atoms with Crippen LogP contribution in [-0.2, 0) is 0 Å². The van der Waals surface area contributed by atoms with Gasteiger partial charge in [-0.2, -0.15) is 0 Å². The molecule has 0 amide bonds. The van der Waals surface area contributed by atoms with Gasteiger partial charge in [0, 0.05) is 32.7 Å². The Kier molecular flexibility index (Phi) is 7.46. The minimum atomic E-state index is 0.673. The maximum absolute atomic E-state index is 4.35. The van der Waals surface area contributed by atoms with Crippen molar-refractivity contribution in [3.8, 4) is 0 Å². The fraction of sp³-hybridized carbons (Fsp3) is 0.941. The first-order valence-electron chi connectivity index (χ1n) is 9.13. The molecule has 2 rings (SSSR count). The molecule has 5 heteroatoms. The summed E-state index contributed by atoms with van der Waals surface area (Å²) in [6.07, 6.45) is 5.34. The molecule has 0 aromatic rings. The summed E-state index contributed by atoms with van der Waals surface area (Å²) in [5, 5.41) is 6.96.